The summed E-state index contributed by atoms with van der Waals surface area (Å²) in [7, 11) is 3.18. The van der Waals surface area contributed by atoms with Crippen LogP contribution in [0.2, 0.25) is 0 Å². The van der Waals surface area contributed by atoms with E-state index in [1.165, 1.54) is 23.3 Å². The van der Waals surface area contributed by atoms with Gasteiger partial charge in [-0.2, -0.15) is 0 Å². The van der Waals surface area contributed by atoms with Crippen molar-refractivity contribution < 1.29 is 23.8 Å². The highest BCUT2D eigenvalue weighted by atomic mass is 16.5. The van der Waals surface area contributed by atoms with Crippen LogP contribution in [0.1, 0.15) is 5.56 Å². The number of benzene rings is 1. The van der Waals surface area contributed by atoms with Crippen molar-refractivity contribution in [2.45, 2.75) is 6.42 Å². The minimum atomic E-state index is -0.504. The summed E-state index contributed by atoms with van der Waals surface area (Å²) in [5, 5.41) is 10.1. The summed E-state index contributed by atoms with van der Waals surface area (Å²) >= 11 is 0. The number of carbonyl (C=O) groups excluding carboxylic acids is 2. The molecule has 1 heterocycles. The van der Waals surface area contributed by atoms with Gasteiger partial charge in [0.15, 0.2) is 6.61 Å². The molecule has 0 aliphatic carbocycles. The van der Waals surface area contributed by atoms with Crippen LogP contribution in [-0.2, 0) is 20.7 Å². The third-order valence-corrected chi connectivity index (χ3v) is 2.83. The van der Waals surface area contributed by atoms with Gasteiger partial charge in [0.2, 0.25) is 0 Å². The first kappa shape index (κ1) is 13.9. The summed E-state index contributed by atoms with van der Waals surface area (Å²) in [4.78, 5) is 24.3. The Labute approximate surface area is 115 Å². The quantitative estimate of drug-likeness (QED) is 0.852. The molecule has 0 saturated carbocycles. The molecule has 0 bridgehead atoms. The van der Waals surface area contributed by atoms with Gasteiger partial charge >= 0.3 is 5.97 Å². The molecule has 0 aliphatic heterocycles. The Morgan fingerprint density at radius 3 is 2.80 bits per heavy atom. The maximum atomic E-state index is 11.7. The number of likely N-dealkylation sites (N-methyl/N-ethyl adjacent to an activating group) is 1. The van der Waals surface area contributed by atoms with E-state index in [1.807, 2.05) is 0 Å². The lowest BCUT2D eigenvalue weighted by atomic mass is 10.1. The zero-order valence-electron chi connectivity index (χ0n) is 11.3. The van der Waals surface area contributed by atoms with E-state index in [9.17, 15) is 14.7 Å². The molecular weight excluding hydrogens is 262 g/mol. The molecule has 0 fully saturated rings. The molecule has 0 aliphatic rings. The number of hydrogen-bond acceptors (Lipinski definition) is 5. The summed E-state index contributed by atoms with van der Waals surface area (Å²) in [5.74, 6) is -0.686. The van der Waals surface area contributed by atoms with Crippen LogP contribution in [0.25, 0.3) is 11.0 Å². The van der Waals surface area contributed by atoms with E-state index in [2.05, 4.69) is 0 Å². The maximum absolute atomic E-state index is 11.7. The van der Waals surface area contributed by atoms with Crippen molar-refractivity contribution in [2.75, 3.05) is 20.7 Å². The third kappa shape index (κ3) is 3.09. The molecule has 0 radical (unpaired) electrons. The van der Waals surface area contributed by atoms with Crippen LogP contribution in [0.3, 0.4) is 0 Å². The lowest BCUT2D eigenvalue weighted by Crippen LogP contribution is -2.27. The summed E-state index contributed by atoms with van der Waals surface area (Å²) in [6, 6.07) is 4.66. The second kappa shape index (κ2) is 5.64. The van der Waals surface area contributed by atoms with Gasteiger partial charge in [-0.1, -0.05) is 0 Å². The topological polar surface area (TPSA) is 80.0 Å². The molecule has 2 rings (SSSR count). The molecular formula is C14H15NO5. The number of amides is 1. The van der Waals surface area contributed by atoms with Crippen molar-refractivity contribution in [3.8, 4) is 5.75 Å². The Hall–Kier alpha value is -2.50. The van der Waals surface area contributed by atoms with Crippen molar-refractivity contribution >= 4 is 22.8 Å². The average Bonchev–Trinajstić information content (AvgIpc) is 2.78. The van der Waals surface area contributed by atoms with E-state index in [0.717, 1.165) is 5.39 Å². The van der Waals surface area contributed by atoms with E-state index >= 15 is 0 Å². The van der Waals surface area contributed by atoms with Gasteiger partial charge in [0.1, 0.15) is 11.3 Å². The Kier molecular flexibility index (Phi) is 3.93. The van der Waals surface area contributed by atoms with Gasteiger partial charge in [0.05, 0.1) is 12.7 Å². The monoisotopic (exact) mass is 277 g/mol. The van der Waals surface area contributed by atoms with E-state index in [4.69, 9.17) is 9.15 Å². The fourth-order valence-corrected chi connectivity index (χ4v) is 1.69. The van der Waals surface area contributed by atoms with Crippen LogP contribution in [-0.4, -0.2) is 42.6 Å². The standard InChI is InChI=1S/C14H15NO5/c1-15(2)13(17)8-20-14(18)5-9-7-19-12-6-10(16)3-4-11(9)12/h3-4,6-7,16H,5,8H2,1-2H3. The number of aromatic hydroxyl groups is 1. The van der Waals surface area contributed by atoms with Gasteiger partial charge in [-0.15, -0.1) is 0 Å². The lowest BCUT2D eigenvalue weighted by molar-refractivity contribution is -0.150. The predicted molar refractivity (Wildman–Crippen MR) is 71.2 cm³/mol. The Bertz CT molecular complexity index is 644. The van der Waals surface area contributed by atoms with E-state index < -0.39 is 5.97 Å². The van der Waals surface area contributed by atoms with Crippen molar-refractivity contribution in [1.82, 2.24) is 4.90 Å². The molecule has 1 aromatic heterocycles. The van der Waals surface area contributed by atoms with Crippen molar-refractivity contribution in [2.24, 2.45) is 0 Å². The molecule has 6 nitrogen and oxygen atoms in total. The van der Waals surface area contributed by atoms with Crippen LogP contribution in [0.5, 0.6) is 5.75 Å². The molecule has 20 heavy (non-hydrogen) atoms. The van der Waals surface area contributed by atoms with Crippen molar-refractivity contribution in [3.63, 3.8) is 0 Å². The number of phenols is 1. The van der Waals surface area contributed by atoms with Crippen LogP contribution < -0.4 is 0 Å². The Morgan fingerprint density at radius 1 is 1.35 bits per heavy atom. The summed E-state index contributed by atoms with van der Waals surface area (Å²) < 4.78 is 10.1. The average molecular weight is 277 g/mol. The zero-order chi connectivity index (χ0) is 14.7. The van der Waals surface area contributed by atoms with Gasteiger partial charge in [0, 0.05) is 31.1 Å². The first-order valence-corrected chi connectivity index (χ1v) is 6.02. The molecule has 0 atom stereocenters. The summed E-state index contributed by atoms with van der Waals surface area (Å²) in [6.45, 7) is -0.275. The van der Waals surface area contributed by atoms with Crippen LogP contribution >= 0.6 is 0 Å². The first-order chi connectivity index (χ1) is 9.47. The Balaban J connectivity index is 2.01. The SMILES string of the molecule is CN(C)C(=O)COC(=O)Cc1coc2cc(O)ccc12. The molecule has 1 amide bonds. The van der Waals surface area contributed by atoms with Crippen LogP contribution in [0.4, 0.5) is 0 Å². The number of furan rings is 1. The number of phenolic OH excluding ortho intramolecular Hbond substituents is 1. The number of rotatable bonds is 4. The molecule has 1 aromatic carbocycles. The number of nitrogens with zero attached hydrogens (tertiary/aromatic N) is 1. The van der Waals surface area contributed by atoms with Gasteiger partial charge in [-0.25, -0.2) is 0 Å². The molecule has 0 unspecified atom stereocenters. The van der Waals surface area contributed by atoms with Crippen molar-refractivity contribution in [3.05, 3.63) is 30.0 Å². The van der Waals surface area contributed by atoms with Gasteiger partial charge in [-0.05, 0) is 12.1 Å². The molecule has 0 spiro atoms. The zero-order valence-corrected chi connectivity index (χ0v) is 11.3. The van der Waals surface area contributed by atoms with Crippen LogP contribution in [0.15, 0.2) is 28.9 Å². The highest BCUT2D eigenvalue weighted by Gasteiger charge is 2.13. The maximum Gasteiger partial charge on any atom is 0.310 e. The minimum absolute atomic E-state index is 0.0124. The highest BCUT2D eigenvalue weighted by molar-refractivity contribution is 5.87. The molecule has 106 valence electrons. The van der Waals surface area contributed by atoms with Gasteiger partial charge in [-0.3, -0.25) is 9.59 Å². The normalized spacial score (nSPS) is 10.5. The van der Waals surface area contributed by atoms with Gasteiger partial charge in [0.25, 0.3) is 5.91 Å². The second-order valence-corrected chi connectivity index (χ2v) is 4.57. The number of fused-ring (bicyclic) bond motifs is 1. The van der Waals surface area contributed by atoms with E-state index in [1.54, 1.807) is 20.2 Å². The highest BCUT2D eigenvalue weighted by Crippen LogP contribution is 2.25. The minimum Gasteiger partial charge on any atom is -0.508 e. The fourth-order valence-electron chi connectivity index (χ4n) is 1.69. The largest absolute Gasteiger partial charge is 0.508 e. The number of esters is 1. The number of hydrogen-bond donors (Lipinski definition) is 1. The summed E-state index contributed by atoms with van der Waals surface area (Å²) in [6.07, 6.45) is 1.46. The number of carbonyl (C=O) groups is 2. The van der Waals surface area contributed by atoms with Crippen LogP contribution in [0, 0.1) is 0 Å². The van der Waals surface area contributed by atoms with Gasteiger partial charge < -0.3 is 19.2 Å². The molecule has 0 saturated heterocycles. The van der Waals surface area contributed by atoms with E-state index in [-0.39, 0.29) is 24.7 Å². The number of ether oxygens (including phenoxy) is 1. The molecule has 2 aromatic rings. The summed E-state index contributed by atoms with van der Waals surface area (Å²) in [5.41, 5.74) is 1.15. The Morgan fingerprint density at radius 2 is 2.10 bits per heavy atom. The first-order valence-electron chi connectivity index (χ1n) is 6.02. The third-order valence-electron chi connectivity index (χ3n) is 2.83. The predicted octanol–water partition coefficient (Wildman–Crippen LogP) is 1.31. The fraction of sp³-hybridized carbons (Fsp3) is 0.286. The second-order valence-electron chi connectivity index (χ2n) is 4.57. The lowest BCUT2D eigenvalue weighted by Gasteiger charge is -2.10. The molecule has 1 N–H and O–H groups in total. The van der Waals surface area contributed by atoms with Crippen molar-refractivity contribution in [1.29, 1.82) is 0 Å². The molecule has 6 heteroatoms. The van der Waals surface area contributed by atoms with E-state index in [0.29, 0.717) is 11.1 Å². The smallest absolute Gasteiger partial charge is 0.310 e.